The van der Waals surface area contributed by atoms with Crippen molar-refractivity contribution in [2.45, 2.75) is 20.4 Å². The van der Waals surface area contributed by atoms with Gasteiger partial charge in [-0.25, -0.2) is 9.97 Å². The molecule has 8 heteroatoms. The lowest BCUT2D eigenvalue weighted by Gasteiger charge is -2.10. The molecule has 0 aliphatic rings. The van der Waals surface area contributed by atoms with Crippen molar-refractivity contribution in [3.63, 3.8) is 0 Å². The molecular formula is C27H22N4O3S. The Labute approximate surface area is 205 Å². The number of thiazole rings is 1. The number of carbonyl (C=O) groups is 2. The Kier molecular flexibility index (Phi) is 6.12. The minimum atomic E-state index is -0.258. The normalized spacial score (nSPS) is 10.9. The molecule has 5 aromatic rings. The summed E-state index contributed by atoms with van der Waals surface area (Å²) in [6, 6.07) is 21.1. The summed E-state index contributed by atoms with van der Waals surface area (Å²) in [4.78, 5) is 33.8. The second-order valence-corrected chi connectivity index (χ2v) is 8.97. The zero-order valence-corrected chi connectivity index (χ0v) is 20.0. The zero-order valence-electron chi connectivity index (χ0n) is 19.2. The van der Waals surface area contributed by atoms with Crippen molar-refractivity contribution in [3.8, 4) is 22.7 Å². The van der Waals surface area contributed by atoms with Crippen LogP contribution >= 0.6 is 11.3 Å². The third kappa shape index (κ3) is 4.97. The molecule has 174 valence electrons. The van der Waals surface area contributed by atoms with Gasteiger partial charge in [-0.15, -0.1) is 11.3 Å². The maximum absolute atomic E-state index is 13.4. The zero-order chi connectivity index (χ0) is 24.4. The molecule has 2 N–H and O–H groups in total. The van der Waals surface area contributed by atoms with Gasteiger partial charge >= 0.3 is 0 Å². The first-order valence-electron chi connectivity index (χ1n) is 11.0. The first-order chi connectivity index (χ1) is 17.0. The number of aromatic nitrogens is 2. The topological polar surface area (TPSA) is 97.1 Å². The number of rotatable bonds is 6. The molecule has 0 aliphatic carbocycles. The molecule has 3 heterocycles. The third-order valence-corrected chi connectivity index (χ3v) is 6.19. The van der Waals surface area contributed by atoms with Crippen LogP contribution in [0.1, 0.15) is 28.6 Å². The third-order valence-electron chi connectivity index (χ3n) is 5.43. The Morgan fingerprint density at radius 2 is 1.80 bits per heavy atom. The summed E-state index contributed by atoms with van der Waals surface area (Å²) >= 11 is 1.32. The lowest BCUT2D eigenvalue weighted by Crippen LogP contribution is -2.18. The van der Waals surface area contributed by atoms with E-state index in [9.17, 15) is 9.59 Å². The van der Waals surface area contributed by atoms with Crippen molar-refractivity contribution in [2.75, 3.05) is 5.32 Å². The smallest absolute Gasteiger partial charge is 0.258 e. The van der Waals surface area contributed by atoms with Crippen LogP contribution in [0.5, 0.6) is 0 Å². The highest BCUT2D eigenvalue weighted by atomic mass is 32.1. The van der Waals surface area contributed by atoms with E-state index in [1.54, 1.807) is 12.1 Å². The number of hydrogen-bond acceptors (Lipinski definition) is 6. The number of hydrogen-bond donors (Lipinski definition) is 2. The van der Waals surface area contributed by atoms with Gasteiger partial charge in [0.1, 0.15) is 11.5 Å². The predicted octanol–water partition coefficient (Wildman–Crippen LogP) is 5.82. The van der Waals surface area contributed by atoms with E-state index in [4.69, 9.17) is 9.40 Å². The molecule has 0 saturated carbocycles. The summed E-state index contributed by atoms with van der Waals surface area (Å²) in [6.45, 7) is 3.75. The van der Waals surface area contributed by atoms with E-state index < -0.39 is 0 Å². The summed E-state index contributed by atoms with van der Waals surface area (Å²) in [5.41, 5.74) is 4.61. The Hall–Kier alpha value is -4.30. The van der Waals surface area contributed by atoms with Gasteiger partial charge in [0.25, 0.3) is 5.91 Å². The minimum Gasteiger partial charge on any atom is -0.458 e. The van der Waals surface area contributed by atoms with E-state index in [1.807, 2.05) is 66.9 Å². The number of aryl methyl sites for hydroxylation is 1. The van der Waals surface area contributed by atoms with Gasteiger partial charge in [-0.3, -0.25) is 14.9 Å². The SMILES string of the molecule is CC(=O)NCc1ccc(-c2csc(NC(=O)c3cc(-c4ccccc4)nc4ccc(C)cc34)n2)o1. The lowest BCUT2D eigenvalue weighted by molar-refractivity contribution is -0.119. The molecule has 7 nitrogen and oxygen atoms in total. The van der Waals surface area contributed by atoms with Gasteiger partial charge < -0.3 is 9.73 Å². The molecule has 0 radical (unpaired) electrons. The fourth-order valence-corrected chi connectivity index (χ4v) is 4.41. The molecule has 0 spiro atoms. The number of benzene rings is 2. The average molecular weight is 483 g/mol. The molecular weight excluding hydrogens is 460 g/mol. The monoisotopic (exact) mass is 482 g/mol. The number of furan rings is 1. The van der Waals surface area contributed by atoms with E-state index in [0.717, 1.165) is 27.7 Å². The Bertz CT molecular complexity index is 1540. The van der Waals surface area contributed by atoms with Gasteiger partial charge in [0.15, 0.2) is 10.9 Å². The molecule has 0 unspecified atom stereocenters. The number of anilines is 1. The Balaban J connectivity index is 1.43. The van der Waals surface area contributed by atoms with Crippen LogP contribution in [-0.4, -0.2) is 21.8 Å². The van der Waals surface area contributed by atoms with Crippen LogP contribution in [-0.2, 0) is 11.3 Å². The van der Waals surface area contributed by atoms with E-state index in [-0.39, 0.29) is 11.8 Å². The maximum Gasteiger partial charge on any atom is 0.258 e. The summed E-state index contributed by atoms with van der Waals surface area (Å²) in [5.74, 6) is 0.807. The highest BCUT2D eigenvalue weighted by Gasteiger charge is 2.17. The second kappa shape index (κ2) is 9.52. The van der Waals surface area contributed by atoms with Gasteiger partial charge in [0.2, 0.25) is 5.91 Å². The van der Waals surface area contributed by atoms with Crippen LogP contribution in [0.25, 0.3) is 33.6 Å². The van der Waals surface area contributed by atoms with Crippen molar-refractivity contribution in [3.05, 3.63) is 89.0 Å². The minimum absolute atomic E-state index is 0.129. The molecule has 2 amide bonds. The molecule has 3 aromatic heterocycles. The second-order valence-electron chi connectivity index (χ2n) is 8.11. The fraction of sp³-hybridized carbons (Fsp3) is 0.111. The van der Waals surface area contributed by atoms with E-state index in [0.29, 0.717) is 34.5 Å². The number of amides is 2. The standard InChI is InChI=1S/C27H22N4O3S/c1-16-8-10-22-20(12-16)21(13-23(29-22)18-6-4-3-5-7-18)26(33)31-27-30-24(15-35-27)25-11-9-19(34-25)14-28-17(2)32/h3-13,15H,14H2,1-2H3,(H,28,32)(H,30,31,33). The lowest BCUT2D eigenvalue weighted by atomic mass is 10.0. The molecule has 0 bridgehead atoms. The van der Waals surface area contributed by atoms with Crippen molar-refractivity contribution < 1.29 is 14.0 Å². The van der Waals surface area contributed by atoms with Gasteiger partial charge in [0, 0.05) is 23.3 Å². The van der Waals surface area contributed by atoms with Crippen molar-refractivity contribution >= 4 is 39.2 Å². The Morgan fingerprint density at radius 3 is 2.60 bits per heavy atom. The highest BCUT2D eigenvalue weighted by molar-refractivity contribution is 7.14. The van der Waals surface area contributed by atoms with E-state index in [1.165, 1.54) is 18.3 Å². The average Bonchev–Trinajstić information content (AvgIpc) is 3.52. The van der Waals surface area contributed by atoms with Crippen molar-refractivity contribution in [1.29, 1.82) is 0 Å². The van der Waals surface area contributed by atoms with Crippen LogP contribution in [0.15, 0.2) is 76.5 Å². The van der Waals surface area contributed by atoms with Crippen LogP contribution < -0.4 is 10.6 Å². The molecule has 5 rings (SSSR count). The number of carbonyl (C=O) groups excluding carboxylic acids is 2. The van der Waals surface area contributed by atoms with Crippen LogP contribution in [0.4, 0.5) is 5.13 Å². The predicted molar refractivity (Wildman–Crippen MR) is 137 cm³/mol. The fourth-order valence-electron chi connectivity index (χ4n) is 3.72. The van der Waals surface area contributed by atoms with E-state index in [2.05, 4.69) is 15.6 Å². The highest BCUT2D eigenvalue weighted by Crippen LogP contribution is 2.29. The van der Waals surface area contributed by atoms with Crippen LogP contribution in [0.3, 0.4) is 0 Å². The first kappa shape index (κ1) is 22.5. The summed E-state index contributed by atoms with van der Waals surface area (Å²) in [6.07, 6.45) is 0. The summed E-state index contributed by atoms with van der Waals surface area (Å²) in [7, 11) is 0. The van der Waals surface area contributed by atoms with Crippen molar-refractivity contribution in [2.24, 2.45) is 0 Å². The number of nitrogens with one attached hydrogen (secondary N) is 2. The molecule has 2 aromatic carbocycles. The molecule has 0 saturated heterocycles. The molecule has 0 atom stereocenters. The largest absolute Gasteiger partial charge is 0.458 e. The van der Waals surface area contributed by atoms with Gasteiger partial charge in [-0.05, 0) is 37.3 Å². The van der Waals surface area contributed by atoms with Gasteiger partial charge in [-0.2, -0.15) is 0 Å². The number of fused-ring (bicyclic) bond motifs is 1. The molecule has 35 heavy (non-hydrogen) atoms. The van der Waals surface area contributed by atoms with E-state index >= 15 is 0 Å². The molecule has 0 aliphatic heterocycles. The quantitative estimate of drug-likeness (QED) is 0.318. The van der Waals surface area contributed by atoms with Crippen LogP contribution in [0, 0.1) is 6.92 Å². The summed E-state index contributed by atoms with van der Waals surface area (Å²) < 4.78 is 5.77. The van der Waals surface area contributed by atoms with Gasteiger partial charge in [0.05, 0.1) is 23.3 Å². The number of pyridine rings is 1. The number of nitrogens with zero attached hydrogens (tertiary/aromatic N) is 2. The molecule has 0 fully saturated rings. The van der Waals surface area contributed by atoms with Gasteiger partial charge in [-0.1, -0.05) is 42.0 Å². The maximum atomic E-state index is 13.4. The van der Waals surface area contributed by atoms with Crippen LogP contribution in [0.2, 0.25) is 0 Å². The summed E-state index contributed by atoms with van der Waals surface area (Å²) in [5, 5.41) is 8.69. The Morgan fingerprint density at radius 1 is 0.971 bits per heavy atom. The van der Waals surface area contributed by atoms with Crippen molar-refractivity contribution in [1.82, 2.24) is 15.3 Å². The first-order valence-corrected chi connectivity index (χ1v) is 11.9.